The van der Waals surface area contributed by atoms with Crippen molar-refractivity contribution in [1.29, 1.82) is 0 Å². The van der Waals surface area contributed by atoms with Gasteiger partial charge >= 0.3 is 0 Å². The minimum atomic E-state index is 0. The molecule has 1 aliphatic heterocycles. The molecule has 1 unspecified atom stereocenters. The van der Waals surface area contributed by atoms with Crippen molar-refractivity contribution in [1.82, 2.24) is 10.6 Å². The van der Waals surface area contributed by atoms with Crippen molar-refractivity contribution in [3.05, 3.63) is 35.4 Å². The number of hydrogen-bond acceptors (Lipinski definition) is 2. The standard InChI is InChI=1S/C16H24N2O.ClH/c1-13-5-2-3-7-15(13)8-9-16(19)18-12-14-6-4-10-17-11-14;/h2-3,5,7,14,17H,4,6,8-12H2,1H3,(H,18,19);1H. The molecule has 1 aromatic rings. The highest BCUT2D eigenvalue weighted by Crippen LogP contribution is 2.10. The second-order valence-corrected chi connectivity index (χ2v) is 5.44. The zero-order chi connectivity index (χ0) is 13.5. The van der Waals surface area contributed by atoms with E-state index < -0.39 is 0 Å². The van der Waals surface area contributed by atoms with E-state index in [1.807, 2.05) is 12.1 Å². The molecule has 112 valence electrons. The quantitative estimate of drug-likeness (QED) is 0.876. The number of nitrogens with one attached hydrogen (secondary N) is 2. The number of hydrogen-bond donors (Lipinski definition) is 2. The molecule has 1 aliphatic rings. The van der Waals surface area contributed by atoms with Gasteiger partial charge < -0.3 is 10.6 Å². The molecule has 20 heavy (non-hydrogen) atoms. The van der Waals surface area contributed by atoms with Crippen molar-refractivity contribution >= 4 is 18.3 Å². The van der Waals surface area contributed by atoms with Crippen LogP contribution in [0.5, 0.6) is 0 Å². The summed E-state index contributed by atoms with van der Waals surface area (Å²) >= 11 is 0. The first kappa shape index (κ1) is 17.0. The van der Waals surface area contributed by atoms with Gasteiger partial charge in [0.25, 0.3) is 0 Å². The van der Waals surface area contributed by atoms with Crippen LogP contribution in [-0.2, 0) is 11.2 Å². The molecular weight excluding hydrogens is 272 g/mol. The molecule has 4 heteroatoms. The minimum Gasteiger partial charge on any atom is -0.356 e. The lowest BCUT2D eigenvalue weighted by molar-refractivity contribution is -0.121. The Hall–Kier alpha value is -1.06. The molecule has 2 N–H and O–H groups in total. The smallest absolute Gasteiger partial charge is 0.220 e. The summed E-state index contributed by atoms with van der Waals surface area (Å²) in [5.74, 6) is 0.782. The van der Waals surface area contributed by atoms with Gasteiger partial charge in [0.05, 0.1) is 0 Å². The van der Waals surface area contributed by atoms with E-state index in [4.69, 9.17) is 0 Å². The summed E-state index contributed by atoms with van der Waals surface area (Å²) in [6.45, 7) is 5.08. The summed E-state index contributed by atoms with van der Waals surface area (Å²) in [5, 5.41) is 6.44. The van der Waals surface area contributed by atoms with Gasteiger partial charge in [-0.3, -0.25) is 4.79 Å². The van der Waals surface area contributed by atoms with E-state index in [9.17, 15) is 4.79 Å². The molecule has 0 spiro atoms. The number of benzene rings is 1. The Morgan fingerprint density at radius 2 is 2.20 bits per heavy atom. The van der Waals surface area contributed by atoms with Crippen LogP contribution in [0.25, 0.3) is 0 Å². The molecule has 1 atom stereocenters. The average molecular weight is 297 g/mol. The monoisotopic (exact) mass is 296 g/mol. The second-order valence-electron chi connectivity index (χ2n) is 5.44. The summed E-state index contributed by atoms with van der Waals surface area (Å²) in [6.07, 6.45) is 3.88. The van der Waals surface area contributed by atoms with Gasteiger partial charge in [0, 0.05) is 13.0 Å². The summed E-state index contributed by atoms with van der Waals surface area (Å²) in [7, 11) is 0. The fourth-order valence-electron chi connectivity index (χ4n) is 2.58. The van der Waals surface area contributed by atoms with Crippen LogP contribution in [-0.4, -0.2) is 25.5 Å². The maximum Gasteiger partial charge on any atom is 0.220 e. The molecule has 2 rings (SSSR count). The molecule has 3 nitrogen and oxygen atoms in total. The van der Waals surface area contributed by atoms with Gasteiger partial charge in [-0.15, -0.1) is 12.4 Å². The lowest BCUT2D eigenvalue weighted by Gasteiger charge is -2.22. The largest absolute Gasteiger partial charge is 0.356 e. The minimum absolute atomic E-state index is 0. The lowest BCUT2D eigenvalue weighted by Crippen LogP contribution is -2.38. The highest BCUT2D eigenvalue weighted by molar-refractivity contribution is 5.85. The van der Waals surface area contributed by atoms with Crippen LogP contribution in [0.4, 0.5) is 0 Å². The van der Waals surface area contributed by atoms with Gasteiger partial charge in [0.15, 0.2) is 0 Å². The van der Waals surface area contributed by atoms with Gasteiger partial charge in [-0.2, -0.15) is 0 Å². The number of piperidine rings is 1. The number of amides is 1. The molecule has 0 radical (unpaired) electrons. The van der Waals surface area contributed by atoms with E-state index in [2.05, 4.69) is 29.7 Å². The van der Waals surface area contributed by atoms with Gasteiger partial charge in [-0.05, 0) is 56.3 Å². The lowest BCUT2D eigenvalue weighted by atomic mass is 9.99. The Morgan fingerprint density at radius 3 is 2.90 bits per heavy atom. The fraction of sp³-hybridized carbons (Fsp3) is 0.562. The van der Waals surface area contributed by atoms with Crippen molar-refractivity contribution in [2.45, 2.75) is 32.6 Å². The first-order valence-electron chi connectivity index (χ1n) is 7.27. The predicted octanol–water partition coefficient (Wildman–Crippen LogP) is 2.47. The molecule has 1 fully saturated rings. The summed E-state index contributed by atoms with van der Waals surface area (Å²) in [6, 6.07) is 8.28. The van der Waals surface area contributed by atoms with Gasteiger partial charge in [0.2, 0.25) is 5.91 Å². The number of carbonyl (C=O) groups excluding carboxylic acids is 1. The van der Waals surface area contributed by atoms with E-state index in [1.165, 1.54) is 24.0 Å². The number of carbonyl (C=O) groups is 1. The predicted molar refractivity (Wildman–Crippen MR) is 85.4 cm³/mol. The third-order valence-electron chi connectivity index (χ3n) is 3.87. The van der Waals surface area contributed by atoms with Crippen molar-refractivity contribution in [2.24, 2.45) is 5.92 Å². The molecule has 0 saturated carbocycles. The second kappa shape index (κ2) is 8.98. The van der Waals surface area contributed by atoms with E-state index >= 15 is 0 Å². The molecule has 0 aliphatic carbocycles. The van der Waals surface area contributed by atoms with Gasteiger partial charge in [0.1, 0.15) is 0 Å². The highest BCUT2D eigenvalue weighted by Gasteiger charge is 2.13. The van der Waals surface area contributed by atoms with E-state index in [-0.39, 0.29) is 18.3 Å². The van der Waals surface area contributed by atoms with Crippen molar-refractivity contribution in [2.75, 3.05) is 19.6 Å². The zero-order valence-electron chi connectivity index (χ0n) is 12.2. The third-order valence-corrected chi connectivity index (χ3v) is 3.87. The first-order chi connectivity index (χ1) is 9.25. The first-order valence-corrected chi connectivity index (χ1v) is 7.27. The van der Waals surface area contributed by atoms with Crippen molar-refractivity contribution in [3.8, 4) is 0 Å². The maximum atomic E-state index is 11.8. The Kier molecular flexibility index (Phi) is 7.63. The van der Waals surface area contributed by atoms with Crippen LogP contribution in [0.15, 0.2) is 24.3 Å². The number of rotatable bonds is 5. The van der Waals surface area contributed by atoms with Crippen LogP contribution in [0.2, 0.25) is 0 Å². The van der Waals surface area contributed by atoms with Gasteiger partial charge in [-0.1, -0.05) is 24.3 Å². The molecule has 0 aromatic heterocycles. The van der Waals surface area contributed by atoms with Crippen LogP contribution in [0.3, 0.4) is 0 Å². The Labute approximate surface area is 127 Å². The van der Waals surface area contributed by atoms with Gasteiger partial charge in [-0.25, -0.2) is 0 Å². The van der Waals surface area contributed by atoms with E-state index in [1.54, 1.807) is 0 Å². The molecule has 1 heterocycles. The fourth-order valence-corrected chi connectivity index (χ4v) is 2.58. The topological polar surface area (TPSA) is 41.1 Å². The molecule has 1 saturated heterocycles. The molecule has 0 bridgehead atoms. The van der Waals surface area contributed by atoms with Crippen molar-refractivity contribution in [3.63, 3.8) is 0 Å². The molecular formula is C16H25ClN2O. The zero-order valence-corrected chi connectivity index (χ0v) is 13.0. The number of aryl methyl sites for hydroxylation is 2. The Morgan fingerprint density at radius 1 is 1.40 bits per heavy atom. The Balaban J connectivity index is 0.00000200. The van der Waals surface area contributed by atoms with Crippen LogP contribution in [0, 0.1) is 12.8 Å². The summed E-state index contributed by atoms with van der Waals surface area (Å²) < 4.78 is 0. The summed E-state index contributed by atoms with van der Waals surface area (Å²) in [5.41, 5.74) is 2.55. The van der Waals surface area contributed by atoms with Crippen molar-refractivity contribution < 1.29 is 4.79 Å². The SMILES string of the molecule is Cc1ccccc1CCC(=O)NCC1CCCNC1.Cl. The molecule has 1 aromatic carbocycles. The average Bonchev–Trinajstić information content (AvgIpc) is 2.45. The number of halogens is 1. The molecule has 1 amide bonds. The Bertz CT molecular complexity index is 417. The maximum absolute atomic E-state index is 11.8. The van der Waals surface area contributed by atoms with Crippen LogP contribution >= 0.6 is 12.4 Å². The highest BCUT2D eigenvalue weighted by atomic mass is 35.5. The van der Waals surface area contributed by atoms with Crippen LogP contribution < -0.4 is 10.6 Å². The normalized spacial score (nSPS) is 18.1. The van der Waals surface area contributed by atoms with Crippen LogP contribution in [0.1, 0.15) is 30.4 Å². The van der Waals surface area contributed by atoms with E-state index in [0.29, 0.717) is 12.3 Å². The van der Waals surface area contributed by atoms with E-state index in [0.717, 1.165) is 26.1 Å². The summed E-state index contributed by atoms with van der Waals surface area (Å²) in [4.78, 5) is 11.8. The third kappa shape index (κ3) is 5.51.